The van der Waals surface area contributed by atoms with Crippen LogP contribution in [0.15, 0.2) is 64.5 Å². The van der Waals surface area contributed by atoms with Gasteiger partial charge in [0.05, 0.1) is 9.79 Å². The average molecular weight is 356 g/mol. The summed E-state index contributed by atoms with van der Waals surface area (Å²) < 4.78 is 25.7. The Balaban J connectivity index is 1.90. The minimum absolute atomic E-state index is 0.321. The summed E-state index contributed by atoms with van der Waals surface area (Å²) in [4.78, 5) is 6.16. The van der Waals surface area contributed by atoms with Crippen molar-refractivity contribution in [1.82, 2.24) is 9.88 Å². The number of nitrogens with one attached hydrogen (secondary N) is 1. The van der Waals surface area contributed by atoms with Gasteiger partial charge in [-0.05, 0) is 43.3 Å². The lowest BCUT2D eigenvalue weighted by Crippen LogP contribution is -2.25. The summed E-state index contributed by atoms with van der Waals surface area (Å²) in [7, 11) is -3.51. The summed E-state index contributed by atoms with van der Waals surface area (Å²) in [5.41, 5.74) is 2.08. The molecular formula is C20H24N2O2S. The third-order valence-corrected chi connectivity index (χ3v) is 6.47. The van der Waals surface area contributed by atoms with Crippen molar-refractivity contribution in [1.29, 1.82) is 0 Å². The van der Waals surface area contributed by atoms with Crippen molar-refractivity contribution in [3.8, 4) is 0 Å². The SMILES string of the molecule is CCN(CC)CCc1ccc2c(S(=O)(=O)c3ccccc3)c[nH]c2c1. The maximum absolute atomic E-state index is 12.9. The molecule has 5 heteroatoms. The molecule has 0 aliphatic carbocycles. The van der Waals surface area contributed by atoms with Crippen molar-refractivity contribution in [2.75, 3.05) is 19.6 Å². The van der Waals surface area contributed by atoms with Gasteiger partial charge in [0.25, 0.3) is 0 Å². The minimum Gasteiger partial charge on any atom is -0.360 e. The molecule has 4 nitrogen and oxygen atoms in total. The Kier molecular flexibility index (Phi) is 5.25. The number of nitrogens with zero attached hydrogens (tertiary/aromatic N) is 1. The summed E-state index contributed by atoms with van der Waals surface area (Å²) in [6, 6.07) is 14.6. The van der Waals surface area contributed by atoms with E-state index in [1.165, 1.54) is 5.56 Å². The van der Waals surface area contributed by atoms with Crippen LogP contribution in [0.3, 0.4) is 0 Å². The molecule has 0 atom stereocenters. The molecule has 0 aliphatic rings. The van der Waals surface area contributed by atoms with Gasteiger partial charge >= 0.3 is 0 Å². The smallest absolute Gasteiger partial charge is 0.208 e. The molecule has 0 spiro atoms. The number of H-pyrrole nitrogens is 1. The number of hydrogen-bond donors (Lipinski definition) is 1. The number of fused-ring (bicyclic) bond motifs is 1. The number of benzene rings is 2. The highest BCUT2D eigenvalue weighted by molar-refractivity contribution is 7.91. The van der Waals surface area contributed by atoms with E-state index < -0.39 is 9.84 Å². The van der Waals surface area contributed by atoms with Crippen LogP contribution in [0, 0.1) is 0 Å². The summed E-state index contributed by atoms with van der Waals surface area (Å²) in [6.07, 6.45) is 2.55. The second-order valence-corrected chi connectivity index (χ2v) is 8.04. The molecule has 0 saturated carbocycles. The van der Waals surface area contributed by atoms with E-state index in [1.54, 1.807) is 30.5 Å². The second kappa shape index (κ2) is 7.42. The van der Waals surface area contributed by atoms with Crippen molar-refractivity contribution in [3.63, 3.8) is 0 Å². The first kappa shape index (κ1) is 17.7. The topological polar surface area (TPSA) is 53.2 Å². The van der Waals surface area contributed by atoms with Gasteiger partial charge in [-0.25, -0.2) is 8.42 Å². The van der Waals surface area contributed by atoms with Crippen LogP contribution in [-0.2, 0) is 16.3 Å². The normalized spacial score (nSPS) is 12.1. The monoisotopic (exact) mass is 356 g/mol. The zero-order valence-corrected chi connectivity index (χ0v) is 15.5. The summed E-state index contributed by atoms with van der Waals surface area (Å²) in [6.45, 7) is 7.42. The van der Waals surface area contributed by atoms with Gasteiger partial charge in [-0.3, -0.25) is 0 Å². The molecule has 0 aliphatic heterocycles. The lowest BCUT2D eigenvalue weighted by molar-refractivity contribution is 0.308. The number of aromatic amines is 1. The van der Waals surface area contributed by atoms with Crippen molar-refractivity contribution in [2.45, 2.75) is 30.1 Å². The Labute approximate surface area is 149 Å². The highest BCUT2D eigenvalue weighted by Gasteiger charge is 2.21. The van der Waals surface area contributed by atoms with Crippen molar-refractivity contribution in [2.24, 2.45) is 0 Å². The van der Waals surface area contributed by atoms with E-state index in [4.69, 9.17) is 0 Å². The summed E-state index contributed by atoms with van der Waals surface area (Å²) in [5.74, 6) is 0. The van der Waals surface area contributed by atoms with Gasteiger partial charge in [0.1, 0.15) is 0 Å². The highest BCUT2D eigenvalue weighted by atomic mass is 32.2. The molecule has 0 amide bonds. The molecule has 3 rings (SSSR count). The van der Waals surface area contributed by atoms with Crippen molar-refractivity contribution in [3.05, 3.63) is 60.3 Å². The average Bonchev–Trinajstić information content (AvgIpc) is 3.07. The van der Waals surface area contributed by atoms with Gasteiger partial charge in [-0.2, -0.15) is 0 Å². The summed E-state index contributed by atoms with van der Waals surface area (Å²) >= 11 is 0. The van der Waals surface area contributed by atoms with Crippen LogP contribution in [0.25, 0.3) is 10.9 Å². The predicted octanol–water partition coefficient (Wildman–Crippen LogP) is 3.89. The van der Waals surface area contributed by atoms with Crippen molar-refractivity contribution >= 4 is 20.7 Å². The van der Waals surface area contributed by atoms with E-state index in [0.29, 0.717) is 9.79 Å². The number of likely N-dealkylation sites (N-methyl/N-ethyl adjacent to an activating group) is 1. The molecule has 132 valence electrons. The molecule has 2 aromatic carbocycles. The number of sulfone groups is 1. The van der Waals surface area contributed by atoms with E-state index in [1.807, 2.05) is 18.2 Å². The van der Waals surface area contributed by atoms with E-state index in [9.17, 15) is 8.42 Å². The third-order valence-electron chi connectivity index (χ3n) is 4.66. The van der Waals surface area contributed by atoms with Gasteiger partial charge in [0.2, 0.25) is 9.84 Å². The summed E-state index contributed by atoms with van der Waals surface area (Å²) in [5, 5.41) is 0.746. The van der Waals surface area contributed by atoms with Gasteiger partial charge in [-0.1, -0.05) is 44.2 Å². The Morgan fingerprint density at radius 3 is 2.40 bits per heavy atom. The number of hydrogen-bond acceptors (Lipinski definition) is 3. The predicted molar refractivity (Wildman–Crippen MR) is 102 cm³/mol. The minimum atomic E-state index is -3.51. The molecule has 25 heavy (non-hydrogen) atoms. The van der Waals surface area contributed by atoms with Crippen molar-refractivity contribution < 1.29 is 8.42 Å². The Hall–Kier alpha value is -2.11. The molecular weight excluding hydrogens is 332 g/mol. The fraction of sp³-hybridized carbons (Fsp3) is 0.300. The lowest BCUT2D eigenvalue weighted by Gasteiger charge is -2.17. The van der Waals surface area contributed by atoms with Gasteiger partial charge in [-0.15, -0.1) is 0 Å². The van der Waals surface area contributed by atoms with Gasteiger partial charge < -0.3 is 9.88 Å². The zero-order chi connectivity index (χ0) is 17.9. The molecule has 0 saturated heterocycles. The Morgan fingerprint density at radius 2 is 1.72 bits per heavy atom. The second-order valence-electron chi connectivity index (χ2n) is 6.13. The van der Waals surface area contributed by atoms with E-state index in [-0.39, 0.29) is 0 Å². The molecule has 1 aromatic heterocycles. The molecule has 0 bridgehead atoms. The van der Waals surface area contributed by atoms with Crippen LogP contribution in [0.5, 0.6) is 0 Å². The maximum Gasteiger partial charge on any atom is 0.208 e. The van der Waals surface area contributed by atoms with Crippen LogP contribution in [0.1, 0.15) is 19.4 Å². The first-order valence-corrected chi connectivity index (χ1v) is 10.2. The van der Waals surface area contributed by atoms with E-state index in [2.05, 4.69) is 29.8 Å². The van der Waals surface area contributed by atoms with E-state index >= 15 is 0 Å². The van der Waals surface area contributed by atoms with Crippen LogP contribution in [-0.4, -0.2) is 37.9 Å². The van der Waals surface area contributed by atoms with Gasteiger partial charge in [0.15, 0.2) is 0 Å². The quantitative estimate of drug-likeness (QED) is 0.699. The van der Waals surface area contributed by atoms with Crippen LogP contribution >= 0.6 is 0 Å². The molecule has 0 fully saturated rings. The highest BCUT2D eigenvalue weighted by Crippen LogP contribution is 2.28. The lowest BCUT2D eigenvalue weighted by atomic mass is 10.1. The van der Waals surface area contributed by atoms with E-state index in [0.717, 1.165) is 37.0 Å². The molecule has 0 unspecified atom stereocenters. The number of aromatic nitrogens is 1. The maximum atomic E-state index is 12.9. The van der Waals surface area contributed by atoms with Crippen LogP contribution in [0.2, 0.25) is 0 Å². The zero-order valence-electron chi connectivity index (χ0n) is 14.7. The Morgan fingerprint density at radius 1 is 1.00 bits per heavy atom. The molecule has 0 radical (unpaired) electrons. The fourth-order valence-electron chi connectivity index (χ4n) is 3.08. The van der Waals surface area contributed by atoms with Crippen LogP contribution in [0.4, 0.5) is 0 Å². The number of rotatable bonds is 7. The molecule has 3 aromatic rings. The Bertz CT molecular complexity index is 942. The molecule has 1 heterocycles. The first-order chi connectivity index (χ1) is 12.1. The standard InChI is InChI=1S/C20H24N2O2S/c1-3-22(4-2)13-12-16-10-11-18-19(14-16)21-15-20(18)25(23,24)17-8-6-5-7-9-17/h5-11,14-15,21H,3-4,12-13H2,1-2H3. The van der Waals surface area contributed by atoms with Gasteiger partial charge in [0, 0.05) is 23.6 Å². The molecule has 1 N–H and O–H groups in total. The largest absolute Gasteiger partial charge is 0.360 e. The fourth-order valence-corrected chi connectivity index (χ4v) is 4.53. The third kappa shape index (κ3) is 3.62. The first-order valence-electron chi connectivity index (χ1n) is 8.68. The van der Waals surface area contributed by atoms with Crippen LogP contribution < -0.4 is 0 Å².